The van der Waals surface area contributed by atoms with E-state index in [-0.39, 0.29) is 4.88 Å². The second kappa shape index (κ2) is 5.94. The minimum Gasteiger partial charge on any atom is -0.477 e. The molecule has 0 unspecified atom stereocenters. The number of rotatable bonds is 4. The molecule has 0 radical (unpaired) electrons. The number of hydrogen-bond donors (Lipinski definition) is 1. The van der Waals surface area contributed by atoms with E-state index in [2.05, 4.69) is 25.2 Å². The van der Waals surface area contributed by atoms with Crippen LogP contribution in [-0.2, 0) is 6.54 Å². The molecule has 8 heteroatoms. The van der Waals surface area contributed by atoms with Crippen molar-refractivity contribution in [3.63, 3.8) is 0 Å². The average Bonchev–Trinajstić information content (AvgIpc) is 2.87. The minimum absolute atomic E-state index is 0.249. The van der Waals surface area contributed by atoms with Crippen LogP contribution in [0.2, 0.25) is 0 Å². The molecule has 0 aromatic carbocycles. The summed E-state index contributed by atoms with van der Waals surface area (Å²) in [5.74, 6) is -0.590. The maximum absolute atomic E-state index is 11.2. The number of azo groups is 1. The van der Waals surface area contributed by atoms with E-state index >= 15 is 0 Å². The lowest BCUT2D eigenvalue weighted by Gasteiger charge is -1.95. The highest BCUT2D eigenvalue weighted by Crippen LogP contribution is 2.34. The van der Waals surface area contributed by atoms with Gasteiger partial charge in [0.15, 0.2) is 5.82 Å². The highest BCUT2D eigenvalue weighted by molar-refractivity contribution is 7.21. The summed E-state index contributed by atoms with van der Waals surface area (Å²) < 4.78 is 0.632. The summed E-state index contributed by atoms with van der Waals surface area (Å²) in [6.45, 7) is 2.11. The average molecular weight is 313 g/mol. The summed E-state index contributed by atoms with van der Waals surface area (Å²) in [6, 6.07) is 3.73. The van der Waals surface area contributed by atoms with Gasteiger partial charge in [-0.05, 0) is 18.6 Å². The molecule has 0 spiro atoms. The van der Waals surface area contributed by atoms with Gasteiger partial charge >= 0.3 is 5.97 Å². The summed E-state index contributed by atoms with van der Waals surface area (Å²) in [4.78, 5) is 23.7. The Morgan fingerprint density at radius 1 is 1.41 bits per heavy atom. The van der Waals surface area contributed by atoms with Gasteiger partial charge in [0.1, 0.15) is 15.9 Å². The van der Waals surface area contributed by atoms with Crippen LogP contribution in [0.1, 0.15) is 20.8 Å². The number of pyridine rings is 1. The van der Waals surface area contributed by atoms with Crippen molar-refractivity contribution in [2.75, 3.05) is 0 Å². The molecule has 0 fully saturated rings. The van der Waals surface area contributed by atoms with Gasteiger partial charge in [-0.1, -0.05) is 6.07 Å². The van der Waals surface area contributed by atoms with Crippen LogP contribution in [-0.4, -0.2) is 26.0 Å². The standard InChI is InChI=1S/C14H11N5O2S/c1-8-10-12(22-11(8)14(20)21)13(17-7-16-10)19-18-6-9-3-2-4-15-5-9/h2-5,7H,6H2,1H3,(H,20,21). The van der Waals surface area contributed by atoms with Crippen molar-refractivity contribution in [2.24, 2.45) is 10.2 Å². The molecule has 1 N–H and O–H groups in total. The summed E-state index contributed by atoms with van der Waals surface area (Å²) in [6.07, 6.45) is 4.77. The van der Waals surface area contributed by atoms with Crippen molar-refractivity contribution >= 4 is 33.3 Å². The first-order valence-electron chi connectivity index (χ1n) is 6.40. The Labute approximate surface area is 129 Å². The Morgan fingerprint density at radius 3 is 3.00 bits per heavy atom. The van der Waals surface area contributed by atoms with Crippen LogP contribution < -0.4 is 0 Å². The molecule has 0 saturated carbocycles. The van der Waals surface area contributed by atoms with E-state index in [1.807, 2.05) is 12.1 Å². The van der Waals surface area contributed by atoms with Crippen LogP contribution in [0.15, 0.2) is 41.1 Å². The third-order valence-electron chi connectivity index (χ3n) is 3.02. The third-order valence-corrected chi connectivity index (χ3v) is 4.29. The largest absolute Gasteiger partial charge is 0.477 e. The van der Waals surface area contributed by atoms with Gasteiger partial charge in [0.2, 0.25) is 0 Å². The van der Waals surface area contributed by atoms with Crippen LogP contribution >= 0.6 is 11.3 Å². The molecule has 7 nitrogen and oxygen atoms in total. The lowest BCUT2D eigenvalue weighted by atomic mass is 10.2. The number of thiophene rings is 1. The molecule has 3 rings (SSSR count). The molecule has 0 aliphatic heterocycles. The summed E-state index contributed by atoms with van der Waals surface area (Å²) in [5.41, 5.74) is 2.16. The Hall–Kier alpha value is -2.74. The molecule has 0 amide bonds. The molecule has 0 saturated heterocycles. The number of aromatic carboxylic acids is 1. The quantitative estimate of drug-likeness (QED) is 0.744. The second-order valence-corrected chi connectivity index (χ2v) is 5.52. The molecule has 110 valence electrons. The minimum atomic E-state index is -0.973. The summed E-state index contributed by atoms with van der Waals surface area (Å²) in [7, 11) is 0. The predicted octanol–water partition coefficient (Wildman–Crippen LogP) is 3.38. The number of nitrogens with zero attached hydrogens (tertiary/aromatic N) is 5. The predicted molar refractivity (Wildman–Crippen MR) is 81.6 cm³/mol. The Morgan fingerprint density at radius 2 is 2.27 bits per heavy atom. The first-order valence-corrected chi connectivity index (χ1v) is 7.22. The SMILES string of the molecule is Cc1c(C(=O)O)sc2c(N=NCc3cccnc3)ncnc12. The van der Waals surface area contributed by atoms with Crippen molar-refractivity contribution in [1.29, 1.82) is 0 Å². The molecule has 3 aromatic heterocycles. The van der Waals surface area contributed by atoms with Crippen molar-refractivity contribution < 1.29 is 9.90 Å². The number of aromatic nitrogens is 3. The van der Waals surface area contributed by atoms with Crippen LogP contribution in [0.3, 0.4) is 0 Å². The molecular formula is C14H11N5O2S. The van der Waals surface area contributed by atoms with E-state index in [1.165, 1.54) is 6.33 Å². The molecule has 0 atom stereocenters. The zero-order valence-corrected chi connectivity index (χ0v) is 12.4. The molecule has 0 bridgehead atoms. The monoisotopic (exact) mass is 313 g/mol. The number of carboxylic acid groups (broad SMARTS) is 1. The fourth-order valence-corrected chi connectivity index (χ4v) is 2.99. The van der Waals surface area contributed by atoms with Crippen molar-refractivity contribution in [1.82, 2.24) is 15.0 Å². The number of hydrogen-bond acceptors (Lipinski definition) is 7. The molecule has 22 heavy (non-hydrogen) atoms. The first kappa shape index (κ1) is 14.2. The van der Waals surface area contributed by atoms with Gasteiger partial charge in [-0.3, -0.25) is 4.98 Å². The fourth-order valence-electron chi connectivity index (χ4n) is 1.96. The third kappa shape index (κ3) is 2.68. The lowest BCUT2D eigenvalue weighted by Crippen LogP contribution is -1.93. The van der Waals surface area contributed by atoms with E-state index in [4.69, 9.17) is 0 Å². The van der Waals surface area contributed by atoms with E-state index < -0.39 is 5.97 Å². The number of aryl methyl sites for hydroxylation is 1. The van der Waals surface area contributed by atoms with Gasteiger partial charge in [0.25, 0.3) is 0 Å². The van der Waals surface area contributed by atoms with Gasteiger partial charge in [0, 0.05) is 18.0 Å². The van der Waals surface area contributed by atoms with Crippen molar-refractivity contribution in [3.05, 3.63) is 46.9 Å². The van der Waals surface area contributed by atoms with Gasteiger partial charge in [-0.25, -0.2) is 14.8 Å². The summed E-state index contributed by atoms with van der Waals surface area (Å²) >= 11 is 1.11. The Kier molecular flexibility index (Phi) is 3.84. The Bertz CT molecular complexity index is 860. The number of carboxylic acids is 1. The maximum Gasteiger partial charge on any atom is 0.346 e. The first-order chi connectivity index (χ1) is 10.7. The van der Waals surface area contributed by atoms with E-state index in [0.717, 1.165) is 16.9 Å². The van der Waals surface area contributed by atoms with Crippen molar-refractivity contribution in [2.45, 2.75) is 13.5 Å². The van der Waals surface area contributed by atoms with Crippen molar-refractivity contribution in [3.8, 4) is 0 Å². The number of carbonyl (C=O) groups is 1. The maximum atomic E-state index is 11.2. The van der Waals surface area contributed by atoms with Crippen LogP contribution in [0.4, 0.5) is 5.82 Å². The topological polar surface area (TPSA) is 101 Å². The van der Waals surface area contributed by atoms with E-state index in [9.17, 15) is 9.90 Å². The van der Waals surface area contributed by atoms with Gasteiger partial charge in [-0.15, -0.1) is 16.5 Å². The normalized spacial score (nSPS) is 11.3. The molecule has 3 aromatic rings. The molecular weight excluding hydrogens is 302 g/mol. The van der Waals surface area contributed by atoms with Crippen LogP contribution in [0.25, 0.3) is 10.2 Å². The van der Waals surface area contributed by atoms with Crippen LogP contribution in [0, 0.1) is 6.92 Å². The van der Waals surface area contributed by atoms with Crippen LogP contribution in [0.5, 0.6) is 0 Å². The smallest absolute Gasteiger partial charge is 0.346 e. The molecule has 0 aliphatic carbocycles. The fraction of sp³-hybridized carbons (Fsp3) is 0.143. The van der Waals surface area contributed by atoms with Gasteiger partial charge < -0.3 is 5.11 Å². The summed E-state index contributed by atoms with van der Waals surface area (Å²) in [5, 5.41) is 17.4. The molecule has 3 heterocycles. The van der Waals surface area contributed by atoms with Gasteiger partial charge in [0.05, 0.1) is 12.1 Å². The second-order valence-electron chi connectivity index (χ2n) is 4.50. The van der Waals surface area contributed by atoms with Gasteiger partial charge in [-0.2, -0.15) is 5.11 Å². The number of fused-ring (bicyclic) bond motifs is 1. The zero-order chi connectivity index (χ0) is 15.5. The molecule has 0 aliphatic rings. The highest BCUT2D eigenvalue weighted by Gasteiger charge is 2.18. The Balaban J connectivity index is 1.94. The van der Waals surface area contributed by atoms with E-state index in [1.54, 1.807) is 19.3 Å². The van der Waals surface area contributed by atoms with E-state index in [0.29, 0.717) is 28.1 Å². The lowest BCUT2D eigenvalue weighted by molar-refractivity contribution is 0.0701. The highest BCUT2D eigenvalue weighted by atomic mass is 32.1. The zero-order valence-electron chi connectivity index (χ0n) is 11.6.